The molecule has 2 rings (SSSR count). The molecular formula is C16H28N2O3. The van der Waals surface area contributed by atoms with Gasteiger partial charge in [0.25, 0.3) is 0 Å². The first-order valence-electron chi connectivity index (χ1n) is 8.03. The lowest BCUT2D eigenvalue weighted by Gasteiger charge is -2.45. The summed E-state index contributed by atoms with van der Waals surface area (Å²) in [6.45, 7) is 10.2. The Balaban J connectivity index is 2.21. The van der Waals surface area contributed by atoms with Crippen LogP contribution in [0, 0.1) is 11.3 Å². The Morgan fingerprint density at radius 2 is 2.05 bits per heavy atom. The van der Waals surface area contributed by atoms with Gasteiger partial charge in [-0.3, -0.25) is 9.59 Å². The smallest absolute Gasteiger partial charge is 0.245 e. The zero-order valence-electron chi connectivity index (χ0n) is 13.6. The number of carbonyl (C=O) groups is 2. The lowest BCUT2D eigenvalue weighted by Crippen LogP contribution is -2.67. The van der Waals surface area contributed by atoms with Gasteiger partial charge in [0.15, 0.2) is 0 Å². The van der Waals surface area contributed by atoms with Crippen molar-refractivity contribution < 1.29 is 14.3 Å². The van der Waals surface area contributed by atoms with Crippen LogP contribution < -0.4 is 5.32 Å². The molecule has 5 heteroatoms. The van der Waals surface area contributed by atoms with Gasteiger partial charge in [-0.25, -0.2) is 0 Å². The van der Waals surface area contributed by atoms with E-state index in [1.54, 1.807) is 0 Å². The molecule has 120 valence electrons. The van der Waals surface area contributed by atoms with Crippen LogP contribution in [0.25, 0.3) is 0 Å². The van der Waals surface area contributed by atoms with Gasteiger partial charge in [0, 0.05) is 19.1 Å². The molecule has 0 radical (unpaired) electrons. The van der Waals surface area contributed by atoms with Gasteiger partial charge in [-0.15, -0.1) is 0 Å². The Labute approximate surface area is 127 Å². The Hall–Kier alpha value is -1.10. The summed E-state index contributed by atoms with van der Waals surface area (Å²) in [6.07, 6.45) is 2.57. The summed E-state index contributed by atoms with van der Waals surface area (Å²) < 4.78 is 5.42. The highest BCUT2D eigenvalue weighted by molar-refractivity contribution is 5.97. The van der Waals surface area contributed by atoms with Gasteiger partial charge in [0.1, 0.15) is 12.1 Å². The van der Waals surface area contributed by atoms with E-state index in [0.29, 0.717) is 25.5 Å². The van der Waals surface area contributed by atoms with Crippen LogP contribution in [-0.4, -0.2) is 48.6 Å². The molecule has 2 fully saturated rings. The van der Waals surface area contributed by atoms with Crippen molar-refractivity contribution in [3.05, 3.63) is 0 Å². The first kappa shape index (κ1) is 16.3. The molecule has 3 atom stereocenters. The van der Waals surface area contributed by atoms with E-state index in [-0.39, 0.29) is 23.3 Å². The third-order valence-electron chi connectivity index (χ3n) is 4.33. The zero-order chi connectivity index (χ0) is 15.6. The molecule has 0 aromatic carbocycles. The van der Waals surface area contributed by atoms with Crippen LogP contribution in [0.15, 0.2) is 0 Å². The molecule has 0 aromatic heterocycles. The molecule has 2 amide bonds. The van der Waals surface area contributed by atoms with E-state index in [1.807, 2.05) is 32.6 Å². The van der Waals surface area contributed by atoms with Crippen LogP contribution in [0.2, 0.25) is 0 Å². The van der Waals surface area contributed by atoms with E-state index in [4.69, 9.17) is 4.74 Å². The van der Waals surface area contributed by atoms with Gasteiger partial charge in [0.2, 0.25) is 11.8 Å². The van der Waals surface area contributed by atoms with Gasteiger partial charge < -0.3 is 15.0 Å². The number of carbonyl (C=O) groups excluding carboxylic acids is 2. The van der Waals surface area contributed by atoms with Crippen LogP contribution in [0.5, 0.6) is 0 Å². The van der Waals surface area contributed by atoms with Gasteiger partial charge >= 0.3 is 0 Å². The quantitative estimate of drug-likeness (QED) is 0.856. The summed E-state index contributed by atoms with van der Waals surface area (Å²) in [5.74, 6) is 0.412. The molecule has 0 aliphatic carbocycles. The SMILES string of the molecule is CCCC1NC(=O)C(C(C)(C)C)N(CC2CCOC2)C1=O. The lowest BCUT2D eigenvalue weighted by atomic mass is 9.82. The van der Waals surface area contributed by atoms with Crippen LogP contribution >= 0.6 is 0 Å². The highest BCUT2D eigenvalue weighted by atomic mass is 16.5. The molecule has 2 aliphatic rings. The van der Waals surface area contributed by atoms with Gasteiger partial charge in [0.05, 0.1) is 6.61 Å². The first-order chi connectivity index (χ1) is 9.84. The van der Waals surface area contributed by atoms with E-state index in [9.17, 15) is 9.59 Å². The van der Waals surface area contributed by atoms with Gasteiger partial charge in [-0.05, 0) is 18.3 Å². The molecule has 5 nitrogen and oxygen atoms in total. The number of piperazine rings is 1. The first-order valence-corrected chi connectivity index (χ1v) is 8.03. The lowest BCUT2D eigenvalue weighted by molar-refractivity contribution is -0.154. The number of amides is 2. The number of hydrogen-bond donors (Lipinski definition) is 1. The number of rotatable bonds is 4. The number of nitrogens with zero attached hydrogens (tertiary/aromatic N) is 1. The fourth-order valence-electron chi connectivity index (χ4n) is 3.33. The standard InChI is InChI=1S/C16H28N2O3/c1-5-6-12-15(20)18(9-11-7-8-21-10-11)13(14(19)17-12)16(2,3)4/h11-13H,5-10H2,1-4H3,(H,17,19). The molecule has 0 saturated carbocycles. The second-order valence-electron chi connectivity index (χ2n) is 7.34. The topological polar surface area (TPSA) is 58.6 Å². The van der Waals surface area contributed by atoms with Crippen molar-refractivity contribution in [3.63, 3.8) is 0 Å². The minimum absolute atomic E-state index is 0.0144. The number of hydrogen-bond acceptors (Lipinski definition) is 3. The summed E-state index contributed by atoms with van der Waals surface area (Å²) in [7, 11) is 0. The minimum Gasteiger partial charge on any atom is -0.381 e. The normalized spacial score (nSPS) is 30.7. The summed E-state index contributed by atoms with van der Waals surface area (Å²) >= 11 is 0. The molecule has 2 aliphatic heterocycles. The average Bonchev–Trinajstić information content (AvgIpc) is 2.86. The largest absolute Gasteiger partial charge is 0.381 e. The molecule has 2 saturated heterocycles. The molecule has 2 heterocycles. The van der Waals surface area contributed by atoms with Crippen LogP contribution in [0.1, 0.15) is 47.0 Å². The third kappa shape index (κ3) is 3.57. The Kier molecular flexibility index (Phi) is 4.91. The minimum atomic E-state index is -0.390. The van der Waals surface area contributed by atoms with E-state index in [1.165, 1.54) is 0 Å². The molecule has 21 heavy (non-hydrogen) atoms. The van der Waals surface area contributed by atoms with Crippen LogP contribution in [-0.2, 0) is 14.3 Å². The fraction of sp³-hybridized carbons (Fsp3) is 0.875. The molecule has 0 spiro atoms. The second-order valence-corrected chi connectivity index (χ2v) is 7.34. The van der Waals surface area contributed by atoms with Gasteiger partial charge in [-0.1, -0.05) is 34.1 Å². The highest BCUT2D eigenvalue weighted by Crippen LogP contribution is 2.30. The van der Waals surface area contributed by atoms with E-state index in [0.717, 1.165) is 19.4 Å². The molecule has 3 unspecified atom stereocenters. The third-order valence-corrected chi connectivity index (χ3v) is 4.33. The molecular weight excluding hydrogens is 268 g/mol. The van der Waals surface area contributed by atoms with E-state index < -0.39 is 6.04 Å². The maximum absolute atomic E-state index is 12.8. The molecule has 0 aromatic rings. The van der Waals surface area contributed by atoms with E-state index >= 15 is 0 Å². The summed E-state index contributed by atoms with van der Waals surface area (Å²) in [5.41, 5.74) is -0.267. The van der Waals surface area contributed by atoms with Crippen molar-refractivity contribution in [2.24, 2.45) is 11.3 Å². The van der Waals surface area contributed by atoms with Crippen LogP contribution in [0.3, 0.4) is 0 Å². The van der Waals surface area contributed by atoms with Crippen molar-refractivity contribution in [1.82, 2.24) is 10.2 Å². The summed E-state index contributed by atoms with van der Waals surface area (Å²) in [6, 6.07) is -0.748. The van der Waals surface area contributed by atoms with E-state index in [2.05, 4.69) is 5.32 Å². The Bertz CT molecular complexity index is 397. The predicted octanol–water partition coefficient (Wildman–Crippen LogP) is 1.56. The molecule has 1 N–H and O–H groups in total. The van der Waals surface area contributed by atoms with Crippen LogP contribution in [0.4, 0.5) is 0 Å². The van der Waals surface area contributed by atoms with Gasteiger partial charge in [-0.2, -0.15) is 0 Å². The Morgan fingerprint density at radius 3 is 2.57 bits per heavy atom. The second kappa shape index (κ2) is 6.34. The van der Waals surface area contributed by atoms with Crippen molar-refractivity contribution >= 4 is 11.8 Å². The van der Waals surface area contributed by atoms with Crippen molar-refractivity contribution in [2.75, 3.05) is 19.8 Å². The number of ether oxygens (including phenoxy) is 1. The monoisotopic (exact) mass is 296 g/mol. The maximum Gasteiger partial charge on any atom is 0.245 e. The summed E-state index contributed by atoms with van der Waals surface area (Å²) in [5, 5.41) is 2.92. The van der Waals surface area contributed by atoms with Crippen molar-refractivity contribution in [3.8, 4) is 0 Å². The zero-order valence-corrected chi connectivity index (χ0v) is 13.6. The number of nitrogens with one attached hydrogen (secondary N) is 1. The predicted molar refractivity (Wildman–Crippen MR) is 80.7 cm³/mol. The highest BCUT2D eigenvalue weighted by Gasteiger charge is 2.46. The Morgan fingerprint density at radius 1 is 1.33 bits per heavy atom. The fourth-order valence-corrected chi connectivity index (χ4v) is 3.33. The maximum atomic E-state index is 12.8. The summed E-state index contributed by atoms with van der Waals surface area (Å²) in [4.78, 5) is 27.1. The van der Waals surface area contributed by atoms with Crippen molar-refractivity contribution in [1.29, 1.82) is 0 Å². The average molecular weight is 296 g/mol. The van der Waals surface area contributed by atoms with Crippen molar-refractivity contribution in [2.45, 2.75) is 59.0 Å². The molecule has 0 bridgehead atoms.